The van der Waals surface area contributed by atoms with Gasteiger partial charge in [0.25, 0.3) is 5.69 Å². The van der Waals surface area contributed by atoms with Gasteiger partial charge in [0.15, 0.2) is 10.9 Å². The first-order valence-electron chi connectivity index (χ1n) is 9.62. The number of amides is 1. The smallest absolute Gasteiger partial charge is 0.408 e. The van der Waals surface area contributed by atoms with Crippen molar-refractivity contribution in [2.45, 2.75) is 63.3 Å². The molecule has 1 amide bonds. The van der Waals surface area contributed by atoms with E-state index >= 15 is 0 Å². The number of nitro groups is 1. The van der Waals surface area contributed by atoms with Gasteiger partial charge in [0.1, 0.15) is 5.60 Å². The van der Waals surface area contributed by atoms with Crippen LogP contribution < -0.4 is 10.0 Å². The Hall–Kier alpha value is -2.77. The monoisotopic (exact) mass is 475 g/mol. The number of methoxy groups -OCH3 is 1. The van der Waals surface area contributed by atoms with Crippen LogP contribution in [0.15, 0.2) is 29.2 Å². The second-order valence-electron chi connectivity index (χ2n) is 7.93. The van der Waals surface area contributed by atoms with Crippen molar-refractivity contribution in [3.05, 3.63) is 34.4 Å². The number of alkyl carbamates (subject to hydrolysis) is 1. The Morgan fingerprint density at radius 2 is 1.78 bits per heavy atom. The molecule has 1 aromatic carbocycles. The molecule has 13 heteroatoms. The summed E-state index contributed by atoms with van der Waals surface area (Å²) in [5.41, 5.74) is -1.35. The number of nitro benzene ring substituents is 1. The topological polar surface area (TPSA) is 163 Å². The molecule has 0 fully saturated rings. The van der Waals surface area contributed by atoms with Crippen molar-refractivity contribution in [3.8, 4) is 0 Å². The van der Waals surface area contributed by atoms with Crippen LogP contribution in [-0.2, 0) is 29.0 Å². The second-order valence-corrected chi connectivity index (χ2v) is 9.62. The van der Waals surface area contributed by atoms with Crippen LogP contribution in [0.5, 0.6) is 0 Å². The van der Waals surface area contributed by atoms with E-state index in [0.29, 0.717) is 0 Å². The maximum absolute atomic E-state index is 12.6. The van der Waals surface area contributed by atoms with Crippen molar-refractivity contribution in [1.29, 1.82) is 0 Å². The van der Waals surface area contributed by atoms with Crippen molar-refractivity contribution in [1.82, 2.24) is 10.0 Å². The summed E-state index contributed by atoms with van der Waals surface area (Å²) < 4.78 is 42.8. The van der Waals surface area contributed by atoms with Crippen LogP contribution in [0.2, 0.25) is 0 Å². The third-order valence-electron chi connectivity index (χ3n) is 3.91. The van der Waals surface area contributed by atoms with E-state index in [1.54, 1.807) is 20.8 Å². The molecule has 180 valence electrons. The van der Waals surface area contributed by atoms with Crippen molar-refractivity contribution < 1.29 is 37.1 Å². The number of benzene rings is 1. The molecule has 2 unspecified atom stereocenters. The molecular formula is C19H29N3O9S. The van der Waals surface area contributed by atoms with E-state index < -0.39 is 61.4 Å². The van der Waals surface area contributed by atoms with E-state index in [1.165, 1.54) is 26.0 Å². The van der Waals surface area contributed by atoms with Crippen LogP contribution in [-0.4, -0.2) is 62.9 Å². The number of ether oxygens (including phenoxy) is 3. The highest BCUT2D eigenvalue weighted by atomic mass is 32.2. The summed E-state index contributed by atoms with van der Waals surface area (Å²) in [5.74, 6) is -0.781. The molecule has 0 aliphatic heterocycles. The molecular weight excluding hydrogens is 446 g/mol. The first kappa shape index (κ1) is 27.3. The Bertz CT molecular complexity index is 928. The third-order valence-corrected chi connectivity index (χ3v) is 5.55. The largest absolute Gasteiger partial charge is 0.467 e. The number of nitrogens with zero attached hydrogens (tertiary/aromatic N) is 1. The molecule has 12 nitrogen and oxygen atoms in total. The molecule has 0 spiro atoms. The lowest BCUT2D eigenvalue weighted by molar-refractivity contribution is -0.387. The molecule has 0 aliphatic carbocycles. The minimum Gasteiger partial charge on any atom is -0.467 e. The van der Waals surface area contributed by atoms with E-state index in [2.05, 4.69) is 14.8 Å². The zero-order valence-electron chi connectivity index (χ0n) is 18.8. The van der Waals surface area contributed by atoms with Crippen LogP contribution in [0.3, 0.4) is 0 Å². The molecule has 0 saturated carbocycles. The van der Waals surface area contributed by atoms with Crippen LogP contribution in [0.1, 0.15) is 34.6 Å². The summed E-state index contributed by atoms with van der Waals surface area (Å²) in [6.07, 6.45) is -1.76. The second kappa shape index (κ2) is 11.2. The summed E-state index contributed by atoms with van der Waals surface area (Å²) in [6, 6.07) is 2.90. The lowest BCUT2D eigenvalue weighted by Gasteiger charge is -2.26. The number of sulfonamides is 1. The summed E-state index contributed by atoms with van der Waals surface area (Å²) in [4.78, 5) is 33.9. The summed E-state index contributed by atoms with van der Waals surface area (Å²) in [6.45, 7) is 7.74. The third kappa shape index (κ3) is 8.40. The highest BCUT2D eigenvalue weighted by Gasteiger charge is 2.32. The highest BCUT2D eigenvalue weighted by Crippen LogP contribution is 2.23. The van der Waals surface area contributed by atoms with Gasteiger partial charge >= 0.3 is 12.1 Å². The van der Waals surface area contributed by atoms with Crippen LogP contribution in [0.25, 0.3) is 0 Å². The SMILES string of the molecule is COC(=O)[C@@H](NC(=O)OC(C)(C)C)C(C)OCC(C)NS(=O)(=O)c1ccccc1[N+](=O)[O-]. The van der Waals surface area contributed by atoms with Gasteiger partial charge in [-0.25, -0.2) is 22.7 Å². The average Bonchev–Trinajstić information content (AvgIpc) is 2.68. The molecule has 0 heterocycles. The Morgan fingerprint density at radius 3 is 2.31 bits per heavy atom. The number of carbonyl (C=O) groups is 2. The minimum atomic E-state index is -4.22. The van der Waals surface area contributed by atoms with Crippen molar-refractivity contribution in [3.63, 3.8) is 0 Å². The van der Waals surface area contributed by atoms with Gasteiger partial charge < -0.3 is 19.5 Å². The predicted octanol–water partition coefficient (Wildman–Crippen LogP) is 1.73. The standard InChI is InChI=1S/C19H29N3O9S/c1-12(21-32(27,28)15-10-8-7-9-14(15)22(25)26)11-30-13(2)16(17(23)29-6)20-18(24)31-19(3,4)5/h7-10,12-13,16,21H,11H2,1-6H3,(H,20,24)/t12?,13?,16-/m0/s1. The Labute approximate surface area is 186 Å². The van der Waals surface area contributed by atoms with E-state index in [9.17, 15) is 28.1 Å². The van der Waals surface area contributed by atoms with E-state index in [-0.39, 0.29) is 6.61 Å². The number of esters is 1. The number of hydrogen-bond donors (Lipinski definition) is 2. The van der Waals surface area contributed by atoms with Gasteiger partial charge in [0, 0.05) is 12.1 Å². The number of carbonyl (C=O) groups excluding carboxylic acids is 2. The molecule has 1 aromatic rings. The van der Waals surface area contributed by atoms with Crippen molar-refractivity contribution in [2.24, 2.45) is 0 Å². The van der Waals surface area contributed by atoms with E-state index in [1.807, 2.05) is 0 Å². The van der Waals surface area contributed by atoms with Crippen LogP contribution >= 0.6 is 0 Å². The fourth-order valence-corrected chi connectivity index (χ4v) is 3.92. The Kier molecular flexibility index (Phi) is 9.54. The molecule has 0 saturated heterocycles. The van der Waals surface area contributed by atoms with E-state index in [0.717, 1.165) is 19.2 Å². The Morgan fingerprint density at radius 1 is 1.19 bits per heavy atom. The molecule has 0 aromatic heterocycles. The van der Waals surface area contributed by atoms with Gasteiger partial charge in [-0.05, 0) is 40.7 Å². The fraction of sp³-hybridized carbons (Fsp3) is 0.579. The highest BCUT2D eigenvalue weighted by molar-refractivity contribution is 7.89. The van der Waals surface area contributed by atoms with Gasteiger partial charge in [-0.2, -0.15) is 0 Å². The summed E-state index contributed by atoms with van der Waals surface area (Å²) >= 11 is 0. The number of nitrogens with one attached hydrogen (secondary N) is 2. The van der Waals surface area contributed by atoms with E-state index in [4.69, 9.17) is 9.47 Å². The molecule has 0 aliphatic rings. The van der Waals surface area contributed by atoms with Gasteiger partial charge in [-0.15, -0.1) is 0 Å². The molecule has 1 rings (SSSR count). The lowest BCUT2D eigenvalue weighted by Crippen LogP contribution is -2.51. The summed E-state index contributed by atoms with van der Waals surface area (Å²) in [7, 11) is -3.08. The fourth-order valence-electron chi connectivity index (χ4n) is 2.52. The first-order chi connectivity index (χ1) is 14.7. The zero-order valence-corrected chi connectivity index (χ0v) is 19.6. The average molecular weight is 476 g/mol. The summed E-state index contributed by atoms with van der Waals surface area (Å²) in [5, 5.41) is 13.5. The Balaban J connectivity index is 2.82. The number of hydrogen-bond acceptors (Lipinski definition) is 9. The van der Waals surface area contributed by atoms with Gasteiger partial charge in [-0.1, -0.05) is 12.1 Å². The zero-order chi connectivity index (χ0) is 24.7. The predicted molar refractivity (Wildman–Crippen MR) is 113 cm³/mol. The van der Waals surface area contributed by atoms with Crippen LogP contribution in [0, 0.1) is 10.1 Å². The van der Waals surface area contributed by atoms with Gasteiger partial charge in [0.05, 0.1) is 24.7 Å². The lowest BCUT2D eigenvalue weighted by atomic mass is 10.2. The quantitative estimate of drug-likeness (QED) is 0.291. The number of rotatable bonds is 10. The molecule has 0 bridgehead atoms. The molecule has 2 N–H and O–H groups in total. The van der Waals surface area contributed by atoms with Crippen molar-refractivity contribution in [2.75, 3.05) is 13.7 Å². The molecule has 0 radical (unpaired) electrons. The first-order valence-corrected chi connectivity index (χ1v) is 11.1. The molecule has 32 heavy (non-hydrogen) atoms. The van der Waals surface area contributed by atoms with Crippen LogP contribution in [0.4, 0.5) is 10.5 Å². The number of para-hydroxylation sites is 1. The minimum absolute atomic E-state index is 0.204. The maximum Gasteiger partial charge on any atom is 0.408 e. The van der Waals surface area contributed by atoms with Gasteiger partial charge in [0.2, 0.25) is 10.0 Å². The molecule has 3 atom stereocenters. The maximum atomic E-state index is 12.6. The van der Waals surface area contributed by atoms with Gasteiger partial charge in [-0.3, -0.25) is 10.1 Å². The van der Waals surface area contributed by atoms with Crippen molar-refractivity contribution >= 4 is 27.8 Å². The normalized spacial score (nSPS) is 14.7.